The molecule has 0 aromatic heterocycles. The molecule has 0 aliphatic carbocycles. The van der Waals surface area contributed by atoms with Gasteiger partial charge in [-0.3, -0.25) is 9.59 Å². The van der Waals surface area contributed by atoms with E-state index in [1.165, 1.54) is 44.9 Å². The van der Waals surface area contributed by atoms with Gasteiger partial charge in [-0.2, -0.15) is 0 Å². The highest BCUT2D eigenvalue weighted by atomic mass is 32.1. The molecule has 0 bridgehead atoms. The van der Waals surface area contributed by atoms with E-state index in [1.807, 2.05) is 0 Å². The van der Waals surface area contributed by atoms with Gasteiger partial charge in [0.1, 0.15) is 5.60 Å². The number of carbonyl (C=O) groups is 2. The molecule has 0 saturated heterocycles. The molecule has 0 aliphatic rings. The lowest BCUT2D eigenvalue weighted by molar-refractivity contribution is -0.141. The van der Waals surface area contributed by atoms with Gasteiger partial charge >= 0.3 is 0 Å². The SMILES string of the molecule is CC(C)CCCCCCCOC(CCCCCCCC(C)C)(CC(=O)S)C(=O)S. The molecule has 29 heavy (non-hydrogen) atoms. The first-order valence-electron chi connectivity index (χ1n) is 11.8. The van der Waals surface area contributed by atoms with Crippen molar-refractivity contribution in [1.29, 1.82) is 0 Å². The lowest BCUT2D eigenvalue weighted by Crippen LogP contribution is -2.41. The van der Waals surface area contributed by atoms with Crippen LogP contribution >= 0.6 is 25.3 Å². The fourth-order valence-electron chi connectivity index (χ4n) is 3.65. The van der Waals surface area contributed by atoms with E-state index >= 15 is 0 Å². The van der Waals surface area contributed by atoms with Gasteiger partial charge in [0.25, 0.3) is 0 Å². The fourth-order valence-corrected chi connectivity index (χ4v) is 4.16. The number of ether oxygens (including phenoxy) is 1. The first-order chi connectivity index (χ1) is 13.7. The molecule has 0 fully saturated rings. The molecule has 3 nitrogen and oxygen atoms in total. The predicted octanol–water partition coefficient (Wildman–Crippen LogP) is 7.43. The molecule has 0 aromatic carbocycles. The molecular formula is C24H46O3S2. The second-order valence-corrected chi connectivity index (χ2v) is 10.3. The summed E-state index contributed by atoms with van der Waals surface area (Å²) in [5.41, 5.74) is -1.10. The summed E-state index contributed by atoms with van der Waals surface area (Å²) in [6, 6.07) is 0. The smallest absolute Gasteiger partial charge is 0.218 e. The summed E-state index contributed by atoms with van der Waals surface area (Å²) in [5.74, 6) is 1.53. The van der Waals surface area contributed by atoms with Gasteiger partial charge < -0.3 is 4.74 Å². The summed E-state index contributed by atoms with van der Waals surface area (Å²) in [4.78, 5) is 23.9. The molecule has 0 saturated carbocycles. The van der Waals surface area contributed by atoms with Crippen LogP contribution in [0.3, 0.4) is 0 Å². The van der Waals surface area contributed by atoms with E-state index in [1.54, 1.807) is 0 Å². The molecule has 0 aliphatic heterocycles. The average Bonchev–Trinajstić information content (AvgIpc) is 2.61. The third-order valence-corrected chi connectivity index (χ3v) is 6.06. The zero-order chi connectivity index (χ0) is 22.1. The van der Waals surface area contributed by atoms with Crippen LogP contribution in [0.25, 0.3) is 0 Å². The maximum atomic E-state index is 12.3. The molecule has 0 heterocycles. The Bertz CT molecular complexity index is 438. The maximum Gasteiger partial charge on any atom is 0.218 e. The lowest BCUT2D eigenvalue weighted by Gasteiger charge is -2.30. The van der Waals surface area contributed by atoms with Crippen molar-refractivity contribution in [2.75, 3.05) is 6.61 Å². The van der Waals surface area contributed by atoms with E-state index in [0.717, 1.165) is 43.9 Å². The number of carbonyl (C=O) groups excluding carboxylic acids is 2. The summed E-state index contributed by atoms with van der Waals surface area (Å²) in [6.07, 6.45) is 14.5. The standard InChI is InChI=1S/C24H46O3S2/c1-20(2)15-11-7-5-9-13-17-24(23(26)29,19-22(25)28)27-18-14-10-6-8-12-16-21(3)4/h20-21H,5-19H2,1-4H3,(H,25,28)(H,26,29). The summed E-state index contributed by atoms with van der Waals surface area (Å²) < 4.78 is 6.01. The van der Waals surface area contributed by atoms with Gasteiger partial charge in [-0.15, -0.1) is 25.3 Å². The molecule has 0 rings (SSSR count). The highest BCUT2D eigenvalue weighted by molar-refractivity contribution is 7.97. The normalized spacial score (nSPS) is 13.8. The van der Waals surface area contributed by atoms with Crippen molar-refractivity contribution in [2.45, 2.75) is 123 Å². The molecule has 1 unspecified atom stereocenters. The monoisotopic (exact) mass is 446 g/mol. The topological polar surface area (TPSA) is 43.4 Å². The molecule has 0 aromatic rings. The van der Waals surface area contributed by atoms with E-state index in [9.17, 15) is 9.59 Å². The van der Waals surface area contributed by atoms with Crippen LogP contribution in [-0.2, 0) is 14.3 Å². The summed E-state index contributed by atoms with van der Waals surface area (Å²) in [6.45, 7) is 9.53. The Morgan fingerprint density at radius 1 is 0.724 bits per heavy atom. The van der Waals surface area contributed by atoms with Gasteiger partial charge in [-0.05, 0) is 24.7 Å². The second-order valence-electron chi connectivity index (χ2n) is 9.37. The minimum Gasteiger partial charge on any atom is -0.366 e. The van der Waals surface area contributed by atoms with Crippen LogP contribution in [0.15, 0.2) is 0 Å². The van der Waals surface area contributed by atoms with Crippen molar-refractivity contribution in [3.63, 3.8) is 0 Å². The van der Waals surface area contributed by atoms with E-state index in [0.29, 0.717) is 13.0 Å². The molecular weight excluding hydrogens is 400 g/mol. The Morgan fingerprint density at radius 3 is 1.62 bits per heavy atom. The van der Waals surface area contributed by atoms with Crippen molar-refractivity contribution in [1.82, 2.24) is 0 Å². The quantitative estimate of drug-likeness (QED) is 0.151. The molecule has 172 valence electrons. The van der Waals surface area contributed by atoms with E-state index in [2.05, 4.69) is 53.0 Å². The van der Waals surface area contributed by atoms with Gasteiger partial charge in [0.05, 0.1) is 6.42 Å². The van der Waals surface area contributed by atoms with Gasteiger partial charge in [0.2, 0.25) is 5.12 Å². The van der Waals surface area contributed by atoms with E-state index in [-0.39, 0.29) is 16.7 Å². The van der Waals surface area contributed by atoms with E-state index < -0.39 is 5.60 Å². The largest absolute Gasteiger partial charge is 0.366 e. The number of hydrogen-bond acceptors (Lipinski definition) is 3. The van der Waals surface area contributed by atoms with Gasteiger partial charge in [0.15, 0.2) is 5.12 Å². The van der Waals surface area contributed by atoms with Crippen LogP contribution in [0.5, 0.6) is 0 Å². The Balaban J connectivity index is 4.28. The fraction of sp³-hybridized carbons (Fsp3) is 0.917. The molecule has 1 atom stereocenters. The van der Waals surface area contributed by atoms with Crippen LogP contribution in [0.4, 0.5) is 0 Å². The van der Waals surface area contributed by atoms with Gasteiger partial charge in [-0.25, -0.2) is 0 Å². The zero-order valence-electron chi connectivity index (χ0n) is 19.4. The van der Waals surface area contributed by atoms with Crippen LogP contribution in [0.1, 0.15) is 118 Å². The highest BCUT2D eigenvalue weighted by Gasteiger charge is 2.38. The van der Waals surface area contributed by atoms with Crippen LogP contribution in [0, 0.1) is 11.8 Å². The zero-order valence-corrected chi connectivity index (χ0v) is 21.2. The number of hydrogen-bond donors (Lipinski definition) is 2. The number of thiol groups is 2. The van der Waals surface area contributed by atoms with Crippen molar-refractivity contribution in [3.8, 4) is 0 Å². The maximum absolute atomic E-state index is 12.3. The van der Waals surface area contributed by atoms with Crippen LogP contribution in [-0.4, -0.2) is 22.4 Å². The summed E-state index contributed by atoms with van der Waals surface area (Å²) >= 11 is 7.98. The molecule has 0 N–H and O–H groups in total. The Kier molecular flexibility index (Phi) is 17.7. The van der Waals surface area contributed by atoms with Crippen LogP contribution in [0.2, 0.25) is 0 Å². The van der Waals surface area contributed by atoms with Crippen molar-refractivity contribution in [3.05, 3.63) is 0 Å². The Morgan fingerprint density at radius 2 is 1.17 bits per heavy atom. The van der Waals surface area contributed by atoms with Crippen molar-refractivity contribution in [2.24, 2.45) is 11.8 Å². The Labute approximate surface area is 191 Å². The minimum atomic E-state index is -1.10. The second kappa shape index (κ2) is 17.7. The summed E-state index contributed by atoms with van der Waals surface area (Å²) in [5, 5.41) is -0.644. The van der Waals surface area contributed by atoms with Gasteiger partial charge in [0, 0.05) is 6.61 Å². The summed E-state index contributed by atoms with van der Waals surface area (Å²) in [7, 11) is 0. The Hall–Kier alpha value is -0.0000000000000000555. The number of rotatable bonds is 20. The minimum absolute atomic E-state index is 0.0141. The predicted molar refractivity (Wildman–Crippen MR) is 131 cm³/mol. The third kappa shape index (κ3) is 16.4. The average molecular weight is 447 g/mol. The molecule has 5 heteroatoms. The van der Waals surface area contributed by atoms with Crippen molar-refractivity contribution < 1.29 is 14.3 Å². The van der Waals surface area contributed by atoms with Crippen molar-refractivity contribution >= 4 is 35.5 Å². The highest BCUT2D eigenvalue weighted by Crippen LogP contribution is 2.29. The third-order valence-electron chi connectivity index (χ3n) is 5.49. The van der Waals surface area contributed by atoms with E-state index in [4.69, 9.17) is 4.74 Å². The molecule has 0 radical (unpaired) electrons. The lowest BCUT2D eigenvalue weighted by atomic mass is 9.93. The molecule has 0 amide bonds. The molecule has 0 spiro atoms. The first-order valence-corrected chi connectivity index (χ1v) is 12.7. The number of unbranched alkanes of at least 4 members (excludes halogenated alkanes) is 8. The van der Waals surface area contributed by atoms with Gasteiger partial charge in [-0.1, -0.05) is 98.3 Å². The first kappa shape index (κ1) is 29.0. The van der Waals surface area contributed by atoms with Crippen LogP contribution < -0.4 is 0 Å².